The number of anilines is 1. The van der Waals surface area contributed by atoms with Gasteiger partial charge in [0.15, 0.2) is 0 Å². The molecule has 6 nitrogen and oxygen atoms in total. The minimum absolute atomic E-state index is 0.142. The number of carbonyl (C=O) groups excluding carboxylic acids is 1. The maximum atomic E-state index is 12.3. The average molecular weight is 362 g/mol. The number of nitrogens with one attached hydrogen (secondary N) is 2. The summed E-state index contributed by atoms with van der Waals surface area (Å²) in [5.41, 5.74) is 3.19. The van der Waals surface area contributed by atoms with Gasteiger partial charge in [-0.05, 0) is 48.6 Å². The monoisotopic (exact) mass is 362 g/mol. The van der Waals surface area contributed by atoms with Crippen LogP contribution in [0, 0.1) is 5.92 Å². The largest absolute Gasteiger partial charge is 0.289 e. The molecule has 0 bridgehead atoms. The molecule has 0 fully saturated rings. The van der Waals surface area contributed by atoms with Crippen LogP contribution in [-0.4, -0.2) is 19.5 Å². The van der Waals surface area contributed by atoms with Gasteiger partial charge in [0.25, 0.3) is 10.0 Å². The molecular formula is C18H22N2O4S. The molecule has 1 amide bonds. The third kappa shape index (κ3) is 5.88. The molecule has 0 spiro atoms. The third-order valence-electron chi connectivity index (χ3n) is 3.84. The Bertz CT molecular complexity index is 790. The molecule has 25 heavy (non-hydrogen) atoms. The average Bonchev–Trinajstić information content (AvgIpc) is 2.61. The Kier molecular flexibility index (Phi) is 6.55. The van der Waals surface area contributed by atoms with Crippen molar-refractivity contribution in [3.05, 3.63) is 60.2 Å². The minimum Gasteiger partial charge on any atom is -0.289 e. The number of hydroxylamine groups is 1. The fourth-order valence-electron chi connectivity index (χ4n) is 2.43. The standard InChI is InChI=1S/C18H22N2O4S/c1-14(13-18(21)19-22)7-8-15-9-11-16(12-10-15)20-25(23,24)17-5-3-2-4-6-17/h2-6,9-12,14,20,22H,7-8,13H2,1H3,(H,19,21). The van der Waals surface area contributed by atoms with Gasteiger partial charge in [-0.25, -0.2) is 13.9 Å². The summed E-state index contributed by atoms with van der Waals surface area (Å²) in [7, 11) is -3.59. The van der Waals surface area contributed by atoms with Crippen molar-refractivity contribution in [3.8, 4) is 0 Å². The Morgan fingerprint density at radius 2 is 1.72 bits per heavy atom. The summed E-state index contributed by atoms with van der Waals surface area (Å²) in [6.45, 7) is 1.94. The molecule has 0 aliphatic rings. The van der Waals surface area contributed by atoms with Crippen LogP contribution in [0.15, 0.2) is 59.5 Å². The van der Waals surface area contributed by atoms with Crippen LogP contribution in [0.25, 0.3) is 0 Å². The van der Waals surface area contributed by atoms with Gasteiger partial charge in [0.05, 0.1) is 4.90 Å². The number of carbonyl (C=O) groups is 1. The van der Waals surface area contributed by atoms with E-state index in [1.165, 1.54) is 0 Å². The Balaban J connectivity index is 1.93. The highest BCUT2D eigenvalue weighted by Gasteiger charge is 2.13. The molecule has 0 aromatic heterocycles. The van der Waals surface area contributed by atoms with E-state index in [1.807, 2.05) is 19.1 Å². The SMILES string of the molecule is CC(CCc1ccc(NS(=O)(=O)c2ccccc2)cc1)CC(=O)NO. The van der Waals surface area contributed by atoms with Crippen molar-refractivity contribution in [2.24, 2.45) is 5.92 Å². The zero-order valence-corrected chi connectivity index (χ0v) is 14.8. The summed E-state index contributed by atoms with van der Waals surface area (Å²) < 4.78 is 27.1. The second kappa shape index (κ2) is 8.64. The highest BCUT2D eigenvalue weighted by atomic mass is 32.2. The van der Waals surface area contributed by atoms with Gasteiger partial charge >= 0.3 is 0 Å². The van der Waals surface area contributed by atoms with E-state index < -0.39 is 15.9 Å². The van der Waals surface area contributed by atoms with Gasteiger partial charge in [0.2, 0.25) is 5.91 Å². The predicted molar refractivity (Wildman–Crippen MR) is 95.7 cm³/mol. The smallest absolute Gasteiger partial charge is 0.261 e. The lowest BCUT2D eigenvalue weighted by Crippen LogP contribution is -2.21. The molecule has 0 aliphatic heterocycles. The van der Waals surface area contributed by atoms with E-state index >= 15 is 0 Å². The zero-order valence-electron chi connectivity index (χ0n) is 14.0. The molecule has 0 heterocycles. The molecule has 0 saturated heterocycles. The molecule has 2 rings (SSSR count). The Morgan fingerprint density at radius 3 is 2.32 bits per heavy atom. The number of benzene rings is 2. The van der Waals surface area contributed by atoms with Crippen molar-refractivity contribution in [2.45, 2.75) is 31.1 Å². The van der Waals surface area contributed by atoms with Crippen LogP contribution in [0.4, 0.5) is 5.69 Å². The molecule has 1 unspecified atom stereocenters. The lowest BCUT2D eigenvalue weighted by molar-refractivity contribution is -0.130. The topological polar surface area (TPSA) is 95.5 Å². The quantitative estimate of drug-likeness (QED) is 0.497. The van der Waals surface area contributed by atoms with E-state index in [4.69, 9.17) is 5.21 Å². The predicted octanol–water partition coefficient (Wildman–Crippen LogP) is 2.95. The van der Waals surface area contributed by atoms with E-state index in [2.05, 4.69) is 4.72 Å². The van der Waals surface area contributed by atoms with Gasteiger partial charge in [-0.1, -0.05) is 37.3 Å². The summed E-state index contributed by atoms with van der Waals surface area (Å²) in [5, 5.41) is 8.52. The lowest BCUT2D eigenvalue weighted by Gasteiger charge is -2.11. The second-order valence-electron chi connectivity index (χ2n) is 6.00. The number of rotatable bonds is 8. The summed E-state index contributed by atoms with van der Waals surface area (Å²) in [5.74, 6) is -0.249. The molecule has 0 aliphatic carbocycles. The lowest BCUT2D eigenvalue weighted by atomic mass is 9.98. The summed E-state index contributed by atoms with van der Waals surface area (Å²) in [6, 6.07) is 15.4. The Hall–Kier alpha value is -2.38. The normalized spacial score (nSPS) is 12.4. The van der Waals surface area contributed by atoms with Crippen molar-refractivity contribution >= 4 is 21.6 Å². The molecule has 7 heteroatoms. The summed E-state index contributed by atoms with van der Waals surface area (Å²) in [6.07, 6.45) is 1.83. The highest BCUT2D eigenvalue weighted by Crippen LogP contribution is 2.18. The van der Waals surface area contributed by atoms with Gasteiger partial charge in [-0.2, -0.15) is 0 Å². The molecule has 134 valence electrons. The van der Waals surface area contributed by atoms with E-state index in [9.17, 15) is 13.2 Å². The van der Waals surface area contributed by atoms with Gasteiger partial charge in [0, 0.05) is 12.1 Å². The fraction of sp³-hybridized carbons (Fsp3) is 0.278. The molecule has 3 N–H and O–H groups in total. The molecular weight excluding hydrogens is 340 g/mol. The van der Waals surface area contributed by atoms with Crippen LogP contribution in [-0.2, 0) is 21.2 Å². The Labute approximate surface area is 147 Å². The van der Waals surface area contributed by atoms with Gasteiger partial charge in [-0.15, -0.1) is 0 Å². The van der Waals surface area contributed by atoms with E-state index in [0.29, 0.717) is 5.69 Å². The Morgan fingerprint density at radius 1 is 1.08 bits per heavy atom. The molecule has 0 saturated carbocycles. The van der Waals surface area contributed by atoms with Crippen molar-refractivity contribution in [1.29, 1.82) is 0 Å². The van der Waals surface area contributed by atoms with E-state index in [1.54, 1.807) is 47.9 Å². The van der Waals surface area contributed by atoms with Crippen LogP contribution >= 0.6 is 0 Å². The molecule has 0 radical (unpaired) electrons. The van der Waals surface area contributed by atoms with Crippen molar-refractivity contribution in [3.63, 3.8) is 0 Å². The second-order valence-corrected chi connectivity index (χ2v) is 7.68. The summed E-state index contributed by atoms with van der Waals surface area (Å²) in [4.78, 5) is 11.3. The van der Waals surface area contributed by atoms with Crippen LogP contribution < -0.4 is 10.2 Å². The van der Waals surface area contributed by atoms with E-state index in [-0.39, 0.29) is 17.2 Å². The molecule has 2 aromatic carbocycles. The minimum atomic E-state index is -3.59. The summed E-state index contributed by atoms with van der Waals surface area (Å²) >= 11 is 0. The van der Waals surface area contributed by atoms with Gasteiger partial charge in [0.1, 0.15) is 0 Å². The zero-order chi connectivity index (χ0) is 18.3. The first-order valence-electron chi connectivity index (χ1n) is 8.00. The van der Waals surface area contributed by atoms with Gasteiger partial charge < -0.3 is 0 Å². The van der Waals surface area contributed by atoms with E-state index in [0.717, 1.165) is 18.4 Å². The third-order valence-corrected chi connectivity index (χ3v) is 5.24. The van der Waals surface area contributed by atoms with Crippen molar-refractivity contribution in [2.75, 3.05) is 4.72 Å². The number of hydrogen-bond acceptors (Lipinski definition) is 4. The maximum absolute atomic E-state index is 12.3. The van der Waals surface area contributed by atoms with Crippen LogP contribution in [0.1, 0.15) is 25.3 Å². The number of sulfonamides is 1. The molecule has 2 aromatic rings. The maximum Gasteiger partial charge on any atom is 0.261 e. The number of amides is 1. The van der Waals surface area contributed by atoms with Gasteiger partial charge in [-0.3, -0.25) is 14.7 Å². The van der Waals surface area contributed by atoms with Crippen molar-refractivity contribution in [1.82, 2.24) is 5.48 Å². The number of hydrogen-bond donors (Lipinski definition) is 3. The first kappa shape index (κ1) is 19.0. The van der Waals surface area contributed by atoms with Crippen LogP contribution in [0.5, 0.6) is 0 Å². The van der Waals surface area contributed by atoms with Crippen molar-refractivity contribution < 1.29 is 18.4 Å². The fourth-order valence-corrected chi connectivity index (χ4v) is 3.51. The first-order chi connectivity index (χ1) is 11.9. The molecule has 1 atom stereocenters. The highest BCUT2D eigenvalue weighted by molar-refractivity contribution is 7.92. The number of aryl methyl sites for hydroxylation is 1. The first-order valence-corrected chi connectivity index (χ1v) is 9.49. The van der Waals surface area contributed by atoms with Crippen LogP contribution in [0.3, 0.4) is 0 Å². The van der Waals surface area contributed by atoms with Crippen LogP contribution in [0.2, 0.25) is 0 Å².